The van der Waals surface area contributed by atoms with Gasteiger partial charge in [0.25, 0.3) is 5.91 Å². The molecule has 0 radical (unpaired) electrons. The van der Waals surface area contributed by atoms with E-state index in [1.807, 2.05) is 0 Å². The van der Waals surface area contributed by atoms with E-state index in [1.54, 1.807) is 6.07 Å². The number of hydrogen-bond donors (Lipinski definition) is 2. The van der Waals surface area contributed by atoms with E-state index in [9.17, 15) is 9.59 Å². The summed E-state index contributed by atoms with van der Waals surface area (Å²) in [5.41, 5.74) is 6.12. The second kappa shape index (κ2) is 4.93. The fourth-order valence-electron chi connectivity index (χ4n) is 1.77. The Kier molecular flexibility index (Phi) is 3.51. The first-order chi connectivity index (χ1) is 8.49. The second-order valence-electron chi connectivity index (χ2n) is 4.13. The Labute approximate surface area is 113 Å². The molecule has 96 valence electrons. The van der Waals surface area contributed by atoms with E-state index in [0.29, 0.717) is 28.8 Å². The van der Waals surface area contributed by atoms with Crippen LogP contribution in [0.2, 0.25) is 0 Å². The molecule has 1 aromatic rings. The van der Waals surface area contributed by atoms with E-state index in [2.05, 4.69) is 26.2 Å². The number of piperidine rings is 1. The van der Waals surface area contributed by atoms with Gasteiger partial charge in [0.05, 0.1) is 16.4 Å². The Morgan fingerprint density at radius 2 is 2.28 bits per heavy atom. The summed E-state index contributed by atoms with van der Waals surface area (Å²) in [5, 5.41) is 3.02. The summed E-state index contributed by atoms with van der Waals surface area (Å²) < 4.78 is 0.690. The number of likely N-dealkylation sites (tertiary alicyclic amines) is 1. The Balaban J connectivity index is 2.14. The predicted octanol–water partition coefficient (Wildman–Crippen LogP) is 0.986. The highest BCUT2D eigenvalue weighted by atomic mass is 79.9. The maximum atomic E-state index is 11.9. The number of halogens is 1. The normalized spacial score (nSPS) is 20.1. The predicted molar refractivity (Wildman–Crippen MR) is 70.8 cm³/mol. The van der Waals surface area contributed by atoms with Crippen molar-refractivity contribution in [2.75, 3.05) is 18.1 Å². The Morgan fingerprint density at radius 3 is 2.94 bits per heavy atom. The maximum Gasteiger partial charge on any atom is 0.251 e. The molecule has 1 atom stereocenters. The highest BCUT2D eigenvalue weighted by Gasteiger charge is 2.32. The molecule has 7 heteroatoms. The van der Waals surface area contributed by atoms with Gasteiger partial charge in [0, 0.05) is 13.5 Å². The van der Waals surface area contributed by atoms with Crippen molar-refractivity contribution < 1.29 is 9.59 Å². The quantitative estimate of drug-likeness (QED) is 0.795. The van der Waals surface area contributed by atoms with Crippen LogP contribution in [0.1, 0.15) is 12.8 Å². The van der Waals surface area contributed by atoms with Crippen LogP contribution in [-0.4, -0.2) is 34.8 Å². The van der Waals surface area contributed by atoms with Crippen molar-refractivity contribution in [2.24, 2.45) is 0 Å². The molecule has 1 saturated heterocycles. The van der Waals surface area contributed by atoms with E-state index in [0.717, 1.165) is 4.90 Å². The van der Waals surface area contributed by atoms with Gasteiger partial charge in [-0.15, -0.1) is 0 Å². The first-order valence-electron chi connectivity index (χ1n) is 5.47. The molecule has 18 heavy (non-hydrogen) atoms. The number of amides is 2. The van der Waals surface area contributed by atoms with Crippen molar-refractivity contribution in [3.05, 3.63) is 16.7 Å². The van der Waals surface area contributed by atoms with Gasteiger partial charge in [0.2, 0.25) is 5.91 Å². The minimum absolute atomic E-state index is 0.151. The first kappa shape index (κ1) is 12.8. The standard InChI is InChI=1S/C11H13BrN4O2/c1-16-9(17)3-2-8(11(16)18)15-10-7(12)4-6(13)5-14-10/h4-5,8H,2-3,13H2,1H3,(H,14,15). The number of carbonyl (C=O) groups is 2. The lowest BCUT2D eigenvalue weighted by Gasteiger charge is -2.28. The SMILES string of the molecule is CN1C(=O)CCC(Nc2ncc(N)cc2Br)C1=O. The third-order valence-electron chi connectivity index (χ3n) is 2.82. The lowest BCUT2D eigenvalue weighted by Crippen LogP contribution is -2.48. The van der Waals surface area contributed by atoms with Crippen molar-refractivity contribution in [1.29, 1.82) is 0 Å². The Bertz CT molecular complexity index is 506. The molecule has 1 unspecified atom stereocenters. The number of anilines is 2. The molecule has 0 bridgehead atoms. The molecular weight excluding hydrogens is 300 g/mol. The van der Waals surface area contributed by atoms with E-state index >= 15 is 0 Å². The average molecular weight is 313 g/mol. The summed E-state index contributed by atoms with van der Waals surface area (Å²) in [7, 11) is 1.49. The lowest BCUT2D eigenvalue weighted by molar-refractivity contribution is -0.146. The van der Waals surface area contributed by atoms with Crippen LogP contribution in [0.15, 0.2) is 16.7 Å². The number of hydrogen-bond acceptors (Lipinski definition) is 5. The third kappa shape index (κ3) is 2.45. The summed E-state index contributed by atoms with van der Waals surface area (Å²) in [4.78, 5) is 28.5. The molecule has 0 saturated carbocycles. The number of aromatic nitrogens is 1. The van der Waals surface area contributed by atoms with Crippen molar-refractivity contribution in [2.45, 2.75) is 18.9 Å². The molecule has 1 aromatic heterocycles. The van der Waals surface area contributed by atoms with Crippen molar-refractivity contribution in [3.8, 4) is 0 Å². The number of rotatable bonds is 2. The van der Waals surface area contributed by atoms with E-state index in [4.69, 9.17) is 5.73 Å². The van der Waals surface area contributed by atoms with E-state index in [1.165, 1.54) is 13.2 Å². The zero-order valence-electron chi connectivity index (χ0n) is 9.81. The van der Waals surface area contributed by atoms with Gasteiger partial charge in [-0.3, -0.25) is 14.5 Å². The summed E-state index contributed by atoms with van der Waals surface area (Å²) in [5.74, 6) is 0.157. The molecule has 3 N–H and O–H groups in total. The molecule has 1 aliphatic rings. The van der Waals surface area contributed by atoms with Crippen LogP contribution in [0.4, 0.5) is 11.5 Å². The second-order valence-corrected chi connectivity index (χ2v) is 4.98. The molecule has 0 spiro atoms. The van der Waals surface area contributed by atoms with Crippen LogP contribution in [0.25, 0.3) is 0 Å². The summed E-state index contributed by atoms with van der Waals surface area (Å²) in [6.45, 7) is 0. The van der Waals surface area contributed by atoms with Gasteiger partial charge in [0.1, 0.15) is 11.9 Å². The minimum Gasteiger partial charge on any atom is -0.397 e. The maximum absolute atomic E-state index is 11.9. The summed E-state index contributed by atoms with van der Waals surface area (Å²) in [6.07, 6.45) is 2.34. The highest BCUT2D eigenvalue weighted by Crippen LogP contribution is 2.24. The summed E-state index contributed by atoms with van der Waals surface area (Å²) >= 11 is 3.32. The summed E-state index contributed by atoms with van der Waals surface area (Å²) in [6, 6.07) is 1.28. The van der Waals surface area contributed by atoms with Gasteiger partial charge in [-0.2, -0.15) is 0 Å². The number of imide groups is 1. The Hall–Kier alpha value is -1.63. The first-order valence-corrected chi connectivity index (χ1v) is 6.26. The number of nitrogens with zero attached hydrogens (tertiary/aromatic N) is 2. The molecule has 2 amide bonds. The molecule has 1 fully saturated rings. The molecule has 6 nitrogen and oxygen atoms in total. The highest BCUT2D eigenvalue weighted by molar-refractivity contribution is 9.10. The molecule has 0 aromatic carbocycles. The fraction of sp³-hybridized carbons (Fsp3) is 0.364. The van der Waals surface area contributed by atoms with Gasteiger partial charge in [-0.25, -0.2) is 4.98 Å². The largest absolute Gasteiger partial charge is 0.397 e. The lowest BCUT2D eigenvalue weighted by atomic mass is 10.0. The molecule has 0 aliphatic carbocycles. The smallest absolute Gasteiger partial charge is 0.251 e. The van der Waals surface area contributed by atoms with Crippen LogP contribution in [0, 0.1) is 0 Å². The van der Waals surface area contributed by atoms with Gasteiger partial charge in [-0.1, -0.05) is 0 Å². The van der Waals surface area contributed by atoms with E-state index < -0.39 is 6.04 Å². The number of pyridine rings is 1. The van der Waals surface area contributed by atoms with Crippen LogP contribution < -0.4 is 11.1 Å². The van der Waals surface area contributed by atoms with Gasteiger partial charge >= 0.3 is 0 Å². The molecule has 2 heterocycles. The number of carbonyl (C=O) groups excluding carboxylic acids is 2. The van der Waals surface area contributed by atoms with Crippen LogP contribution in [-0.2, 0) is 9.59 Å². The fourth-order valence-corrected chi connectivity index (χ4v) is 2.25. The molecule has 1 aliphatic heterocycles. The zero-order chi connectivity index (χ0) is 13.3. The van der Waals surface area contributed by atoms with Crippen LogP contribution in [0.5, 0.6) is 0 Å². The number of nitrogen functional groups attached to an aromatic ring is 1. The molecular formula is C11H13BrN4O2. The van der Waals surface area contributed by atoms with Gasteiger partial charge < -0.3 is 11.1 Å². The zero-order valence-corrected chi connectivity index (χ0v) is 11.4. The van der Waals surface area contributed by atoms with E-state index in [-0.39, 0.29) is 11.8 Å². The topological polar surface area (TPSA) is 88.3 Å². The van der Waals surface area contributed by atoms with Crippen LogP contribution in [0.3, 0.4) is 0 Å². The van der Waals surface area contributed by atoms with Crippen molar-refractivity contribution in [1.82, 2.24) is 9.88 Å². The van der Waals surface area contributed by atoms with Crippen molar-refractivity contribution in [3.63, 3.8) is 0 Å². The average Bonchev–Trinajstić information content (AvgIpc) is 2.33. The monoisotopic (exact) mass is 312 g/mol. The van der Waals surface area contributed by atoms with Gasteiger partial charge in [0.15, 0.2) is 0 Å². The Morgan fingerprint density at radius 1 is 1.56 bits per heavy atom. The number of nitrogens with two attached hydrogens (primary N) is 1. The number of likely N-dealkylation sites (N-methyl/N-ethyl adjacent to an activating group) is 1. The molecule has 2 rings (SSSR count). The van der Waals surface area contributed by atoms with Gasteiger partial charge in [-0.05, 0) is 28.4 Å². The van der Waals surface area contributed by atoms with Crippen LogP contribution >= 0.6 is 15.9 Å². The third-order valence-corrected chi connectivity index (χ3v) is 3.43. The minimum atomic E-state index is -0.430. The van der Waals surface area contributed by atoms with Crippen molar-refractivity contribution >= 4 is 39.2 Å². The number of nitrogens with one attached hydrogen (secondary N) is 1.